The van der Waals surface area contributed by atoms with E-state index < -0.39 is 0 Å². The smallest absolute Gasteiger partial charge is 0.272 e. The van der Waals surface area contributed by atoms with Gasteiger partial charge in [0, 0.05) is 36.3 Å². The topological polar surface area (TPSA) is 95.8 Å². The zero-order valence-electron chi connectivity index (χ0n) is 13.5. The highest BCUT2D eigenvalue weighted by Gasteiger charge is 2.25. The van der Waals surface area contributed by atoms with E-state index in [1.807, 2.05) is 20.8 Å². The molecule has 7 nitrogen and oxygen atoms in total. The van der Waals surface area contributed by atoms with Crippen LogP contribution in [0, 0.1) is 13.8 Å². The summed E-state index contributed by atoms with van der Waals surface area (Å²) in [5.74, 6) is 0.587. The average Bonchev–Trinajstić information content (AvgIpc) is 3.09. The van der Waals surface area contributed by atoms with Crippen LogP contribution in [-0.2, 0) is 13.0 Å². The summed E-state index contributed by atoms with van der Waals surface area (Å²) in [6, 6.07) is -0.123. The van der Waals surface area contributed by atoms with Crippen molar-refractivity contribution in [3.8, 4) is 0 Å². The van der Waals surface area contributed by atoms with Crippen molar-refractivity contribution in [3.05, 3.63) is 34.0 Å². The molecular weight excluding hydrogens is 318 g/mol. The first-order valence-electron chi connectivity index (χ1n) is 7.62. The Kier molecular flexibility index (Phi) is 5.43. The highest BCUT2D eigenvalue weighted by Crippen LogP contribution is 2.25. The largest absolute Gasteiger partial charge is 0.361 e. The zero-order valence-corrected chi connectivity index (χ0v) is 14.3. The second kappa shape index (κ2) is 7.14. The standard InChI is InChI=1S/C15H21N5O2.ClH/c1-4-11(13-8(2)20-22-9(13)3)17-15(21)14-10-7-16-6-5-12(10)18-19-14;/h11,16H,4-7H2,1-3H3,(H,17,21)(H,18,19);1H. The molecule has 3 N–H and O–H groups in total. The van der Waals surface area contributed by atoms with Gasteiger partial charge in [-0.3, -0.25) is 9.89 Å². The second-order valence-corrected chi connectivity index (χ2v) is 5.63. The lowest BCUT2D eigenvalue weighted by Gasteiger charge is -2.17. The molecule has 23 heavy (non-hydrogen) atoms. The van der Waals surface area contributed by atoms with Gasteiger partial charge in [0.15, 0.2) is 5.69 Å². The SMILES string of the molecule is CCC(NC(=O)c1n[nH]c2c1CNCC2)c1c(C)noc1C.Cl. The van der Waals surface area contributed by atoms with Crippen LogP contribution in [-0.4, -0.2) is 27.8 Å². The lowest BCUT2D eigenvalue weighted by Crippen LogP contribution is -2.31. The number of hydrogen-bond acceptors (Lipinski definition) is 5. The number of halogens is 1. The van der Waals surface area contributed by atoms with Gasteiger partial charge < -0.3 is 15.2 Å². The number of aromatic nitrogens is 3. The zero-order chi connectivity index (χ0) is 15.7. The number of aromatic amines is 1. The number of nitrogens with one attached hydrogen (secondary N) is 3. The van der Waals surface area contributed by atoms with Crippen molar-refractivity contribution in [1.82, 2.24) is 26.0 Å². The molecule has 1 aliphatic heterocycles. The third-order valence-electron chi connectivity index (χ3n) is 4.17. The Labute approximate surface area is 141 Å². The number of carbonyl (C=O) groups excluding carboxylic acids is 1. The lowest BCUT2D eigenvalue weighted by atomic mass is 10.0. The molecule has 0 radical (unpaired) electrons. The predicted molar refractivity (Wildman–Crippen MR) is 87.7 cm³/mol. The molecule has 1 amide bonds. The molecule has 0 bridgehead atoms. The second-order valence-electron chi connectivity index (χ2n) is 5.63. The summed E-state index contributed by atoms with van der Waals surface area (Å²) in [5.41, 5.74) is 4.27. The molecule has 8 heteroatoms. The van der Waals surface area contributed by atoms with Crippen LogP contribution in [0.5, 0.6) is 0 Å². The fourth-order valence-corrected chi connectivity index (χ4v) is 3.01. The molecule has 0 aliphatic carbocycles. The molecule has 2 aromatic heterocycles. The maximum atomic E-state index is 12.6. The van der Waals surface area contributed by atoms with E-state index in [2.05, 4.69) is 26.0 Å². The van der Waals surface area contributed by atoms with Crippen LogP contribution in [0.15, 0.2) is 4.52 Å². The summed E-state index contributed by atoms with van der Waals surface area (Å²) in [6.45, 7) is 7.37. The van der Waals surface area contributed by atoms with Crippen LogP contribution in [0.2, 0.25) is 0 Å². The third kappa shape index (κ3) is 3.25. The molecule has 126 valence electrons. The quantitative estimate of drug-likeness (QED) is 0.791. The van der Waals surface area contributed by atoms with Crippen molar-refractivity contribution in [3.63, 3.8) is 0 Å². The number of amides is 1. The van der Waals surface area contributed by atoms with Gasteiger partial charge in [0.1, 0.15) is 5.76 Å². The van der Waals surface area contributed by atoms with Crippen molar-refractivity contribution in [1.29, 1.82) is 0 Å². The van der Waals surface area contributed by atoms with E-state index in [4.69, 9.17) is 4.52 Å². The minimum absolute atomic E-state index is 0. The molecule has 2 aromatic rings. The van der Waals surface area contributed by atoms with E-state index in [1.165, 1.54) is 0 Å². The molecule has 1 unspecified atom stereocenters. The molecule has 0 saturated carbocycles. The summed E-state index contributed by atoms with van der Waals surface area (Å²) in [4.78, 5) is 12.6. The molecule has 0 spiro atoms. The van der Waals surface area contributed by atoms with Crippen LogP contribution in [0.4, 0.5) is 0 Å². The van der Waals surface area contributed by atoms with Gasteiger partial charge in [-0.2, -0.15) is 5.10 Å². The Morgan fingerprint density at radius 2 is 2.22 bits per heavy atom. The highest BCUT2D eigenvalue weighted by molar-refractivity contribution is 5.94. The first kappa shape index (κ1) is 17.5. The van der Waals surface area contributed by atoms with E-state index in [1.54, 1.807) is 0 Å². The maximum absolute atomic E-state index is 12.6. The van der Waals surface area contributed by atoms with Gasteiger partial charge in [0.25, 0.3) is 5.91 Å². The van der Waals surface area contributed by atoms with Gasteiger partial charge in [-0.25, -0.2) is 0 Å². The number of nitrogens with zero attached hydrogens (tertiary/aromatic N) is 2. The van der Waals surface area contributed by atoms with Gasteiger partial charge in [-0.05, 0) is 20.3 Å². The number of aryl methyl sites for hydroxylation is 2. The molecule has 3 rings (SSSR count). The number of H-pyrrole nitrogens is 1. The average molecular weight is 340 g/mol. The van der Waals surface area contributed by atoms with Crippen molar-refractivity contribution in [2.24, 2.45) is 0 Å². The first-order chi connectivity index (χ1) is 10.6. The number of hydrogen-bond donors (Lipinski definition) is 3. The van der Waals surface area contributed by atoms with Gasteiger partial charge in [0.2, 0.25) is 0 Å². The van der Waals surface area contributed by atoms with E-state index in [9.17, 15) is 4.79 Å². The third-order valence-corrected chi connectivity index (χ3v) is 4.17. The van der Waals surface area contributed by atoms with E-state index >= 15 is 0 Å². The number of rotatable bonds is 4. The fraction of sp³-hybridized carbons (Fsp3) is 0.533. The minimum atomic E-state index is -0.159. The summed E-state index contributed by atoms with van der Waals surface area (Å²) >= 11 is 0. The Balaban J connectivity index is 0.00000192. The molecule has 1 atom stereocenters. The Hall–Kier alpha value is -1.86. The molecule has 0 aromatic carbocycles. The fourth-order valence-electron chi connectivity index (χ4n) is 3.01. The maximum Gasteiger partial charge on any atom is 0.272 e. The highest BCUT2D eigenvalue weighted by atomic mass is 35.5. The van der Waals surface area contributed by atoms with Crippen molar-refractivity contribution >= 4 is 18.3 Å². The summed E-state index contributed by atoms with van der Waals surface area (Å²) < 4.78 is 5.21. The van der Waals surface area contributed by atoms with Gasteiger partial charge in [-0.1, -0.05) is 12.1 Å². The molecule has 3 heterocycles. The van der Waals surface area contributed by atoms with Crippen LogP contribution in [0.3, 0.4) is 0 Å². The van der Waals surface area contributed by atoms with Crippen LogP contribution < -0.4 is 10.6 Å². The summed E-state index contributed by atoms with van der Waals surface area (Å²) in [6.07, 6.45) is 1.64. The van der Waals surface area contributed by atoms with E-state index in [-0.39, 0.29) is 24.4 Å². The molecular formula is C15H22ClN5O2. The van der Waals surface area contributed by atoms with Crippen LogP contribution in [0.1, 0.15) is 58.1 Å². The predicted octanol–water partition coefficient (Wildman–Crippen LogP) is 1.96. The van der Waals surface area contributed by atoms with E-state index in [0.29, 0.717) is 12.2 Å². The first-order valence-corrected chi connectivity index (χ1v) is 7.62. The molecule has 0 fully saturated rings. The molecule has 1 aliphatic rings. The van der Waals surface area contributed by atoms with Gasteiger partial charge >= 0.3 is 0 Å². The van der Waals surface area contributed by atoms with Crippen LogP contribution >= 0.6 is 12.4 Å². The molecule has 0 saturated heterocycles. The summed E-state index contributed by atoms with van der Waals surface area (Å²) in [7, 11) is 0. The van der Waals surface area contributed by atoms with Crippen molar-refractivity contribution < 1.29 is 9.32 Å². The van der Waals surface area contributed by atoms with Crippen LogP contribution in [0.25, 0.3) is 0 Å². The normalized spacial score (nSPS) is 14.7. The number of carbonyl (C=O) groups is 1. The minimum Gasteiger partial charge on any atom is -0.361 e. The van der Waals surface area contributed by atoms with Crippen molar-refractivity contribution in [2.75, 3.05) is 6.54 Å². The Bertz CT molecular complexity index is 675. The van der Waals surface area contributed by atoms with Gasteiger partial charge in [-0.15, -0.1) is 12.4 Å². The summed E-state index contributed by atoms with van der Waals surface area (Å²) in [5, 5.41) is 17.5. The van der Waals surface area contributed by atoms with Crippen molar-refractivity contribution in [2.45, 2.75) is 46.2 Å². The monoisotopic (exact) mass is 339 g/mol. The Morgan fingerprint density at radius 1 is 1.43 bits per heavy atom. The van der Waals surface area contributed by atoms with E-state index in [0.717, 1.165) is 47.7 Å². The lowest BCUT2D eigenvalue weighted by molar-refractivity contribution is 0.0929. The Morgan fingerprint density at radius 3 is 2.87 bits per heavy atom. The number of fused-ring (bicyclic) bond motifs is 1. The van der Waals surface area contributed by atoms with Gasteiger partial charge in [0.05, 0.1) is 11.7 Å².